The molecule has 0 amide bonds. The van der Waals surface area contributed by atoms with Crippen molar-refractivity contribution in [3.8, 4) is 0 Å². The van der Waals surface area contributed by atoms with Crippen LogP contribution in [0.25, 0.3) is 0 Å². The molecule has 2 nitrogen and oxygen atoms in total. The summed E-state index contributed by atoms with van der Waals surface area (Å²) in [5.41, 5.74) is 5.41. The molecule has 0 saturated carbocycles. The Labute approximate surface area is 65.1 Å². The Kier molecular flexibility index (Phi) is 2.83. The Morgan fingerprint density at radius 3 is 3.10 bits per heavy atom. The molecule has 0 aliphatic heterocycles. The van der Waals surface area contributed by atoms with Crippen LogP contribution in [0.2, 0.25) is 0 Å². The highest BCUT2D eigenvalue weighted by atomic mass is 32.1. The summed E-state index contributed by atoms with van der Waals surface area (Å²) >= 11 is 1.70. The fourth-order valence-electron chi connectivity index (χ4n) is 0.851. The minimum absolute atomic E-state index is 0.532. The van der Waals surface area contributed by atoms with E-state index in [-0.39, 0.29) is 0 Å². The van der Waals surface area contributed by atoms with Gasteiger partial charge in [0.1, 0.15) is 0 Å². The molecule has 3 heteroatoms. The van der Waals surface area contributed by atoms with Crippen molar-refractivity contribution >= 4 is 11.3 Å². The lowest BCUT2D eigenvalue weighted by atomic mass is 10.1. The number of nitrogens with two attached hydrogens (primary N) is 1. The van der Waals surface area contributed by atoms with Crippen LogP contribution in [0.15, 0.2) is 11.6 Å². The van der Waals surface area contributed by atoms with E-state index < -0.39 is 0 Å². The van der Waals surface area contributed by atoms with Crippen LogP contribution in [-0.4, -0.2) is 11.5 Å². The van der Waals surface area contributed by atoms with Gasteiger partial charge >= 0.3 is 0 Å². The van der Waals surface area contributed by atoms with Crippen molar-refractivity contribution in [2.45, 2.75) is 19.3 Å². The number of rotatable bonds is 3. The lowest BCUT2D eigenvalue weighted by Gasteiger charge is -2.03. The lowest BCUT2D eigenvalue weighted by molar-refractivity contribution is 0.685. The zero-order valence-corrected chi connectivity index (χ0v) is 6.90. The lowest BCUT2D eigenvalue weighted by Crippen LogP contribution is -2.03. The summed E-state index contributed by atoms with van der Waals surface area (Å²) in [6.45, 7) is 2.91. The van der Waals surface area contributed by atoms with Crippen molar-refractivity contribution < 1.29 is 0 Å². The summed E-state index contributed by atoms with van der Waals surface area (Å²) in [5, 5.41) is 3.20. The second kappa shape index (κ2) is 3.68. The standard InChI is InChI=1S/C7H12N2S/c1-6(2-3-8)7-9-4-5-10-7/h4-6H,2-3,8H2,1H3. The van der Waals surface area contributed by atoms with Crippen LogP contribution in [0.1, 0.15) is 24.3 Å². The molecular weight excluding hydrogens is 144 g/mol. The number of hydrogen-bond donors (Lipinski definition) is 1. The van der Waals surface area contributed by atoms with E-state index in [1.54, 1.807) is 11.3 Å². The summed E-state index contributed by atoms with van der Waals surface area (Å²) < 4.78 is 0. The van der Waals surface area contributed by atoms with Gasteiger partial charge in [0.25, 0.3) is 0 Å². The van der Waals surface area contributed by atoms with Crippen molar-refractivity contribution in [1.29, 1.82) is 0 Å². The van der Waals surface area contributed by atoms with E-state index >= 15 is 0 Å². The molecule has 0 saturated heterocycles. The Morgan fingerprint density at radius 2 is 2.60 bits per heavy atom. The topological polar surface area (TPSA) is 38.9 Å². The van der Waals surface area contributed by atoms with Gasteiger partial charge < -0.3 is 5.73 Å². The van der Waals surface area contributed by atoms with Crippen molar-refractivity contribution in [3.05, 3.63) is 16.6 Å². The molecule has 10 heavy (non-hydrogen) atoms. The number of thiazole rings is 1. The molecule has 2 N–H and O–H groups in total. The molecule has 0 fully saturated rings. The first kappa shape index (κ1) is 7.69. The van der Waals surface area contributed by atoms with E-state index in [2.05, 4.69) is 11.9 Å². The summed E-state index contributed by atoms with van der Waals surface area (Å²) in [5.74, 6) is 0.532. The predicted octanol–water partition coefficient (Wildman–Crippen LogP) is 1.60. The second-order valence-corrected chi connectivity index (χ2v) is 3.27. The van der Waals surface area contributed by atoms with Gasteiger partial charge in [0, 0.05) is 17.5 Å². The average Bonchev–Trinajstić information content (AvgIpc) is 2.38. The molecule has 56 valence electrons. The molecule has 1 rings (SSSR count). The van der Waals surface area contributed by atoms with Crippen molar-refractivity contribution in [3.63, 3.8) is 0 Å². The zero-order chi connectivity index (χ0) is 7.40. The predicted molar refractivity (Wildman–Crippen MR) is 44.2 cm³/mol. The van der Waals surface area contributed by atoms with Crippen molar-refractivity contribution in [1.82, 2.24) is 4.98 Å². The first-order chi connectivity index (χ1) is 4.84. The van der Waals surface area contributed by atoms with Gasteiger partial charge in [0.15, 0.2) is 0 Å². The molecule has 1 unspecified atom stereocenters. The molecule has 0 aromatic carbocycles. The maximum atomic E-state index is 5.41. The van der Waals surface area contributed by atoms with Gasteiger partial charge in [-0.05, 0) is 13.0 Å². The Morgan fingerprint density at radius 1 is 1.80 bits per heavy atom. The van der Waals surface area contributed by atoms with Crippen molar-refractivity contribution in [2.24, 2.45) is 5.73 Å². The van der Waals surface area contributed by atoms with Crippen LogP contribution in [-0.2, 0) is 0 Å². The molecule has 1 atom stereocenters. The third-order valence-corrected chi connectivity index (χ3v) is 2.48. The molecule has 0 radical (unpaired) electrons. The Balaban J connectivity index is 2.50. The van der Waals surface area contributed by atoms with Crippen LogP contribution < -0.4 is 5.73 Å². The van der Waals surface area contributed by atoms with Gasteiger partial charge in [0.05, 0.1) is 5.01 Å². The van der Waals surface area contributed by atoms with Gasteiger partial charge in [-0.25, -0.2) is 4.98 Å². The highest BCUT2D eigenvalue weighted by molar-refractivity contribution is 7.09. The molecule has 0 spiro atoms. The third-order valence-electron chi connectivity index (χ3n) is 1.47. The second-order valence-electron chi connectivity index (χ2n) is 2.35. The quantitative estimate of drug-likeness (QED) is 0.722. The summed E-state index contributed by atoms with van der Waals surface area (Å²) in [6, 6.07) is 0. The van der Waals surface area contributed by atoms with E-state index in [0.29, 0.717) is 5.92 Å². The highest BCUT2D eigenvalue weighted by Gasteiger charge is 2.05. The maximum Gasteiger partial charge on any atom is 0.0953 e. The van der Waals surface area contributed by atoms with Gasteiger partial charge in [0.2, 0.25) is 0 Å². The monoisotopic (exact) mass is 156 g/mol. The average molecular weight is 156 g/mol. The molecule has 1 aromatic heterocycles. The van der Waals surface area contributed by atoms with E-state index in [1.807, 2.05) is 11.6 Å². The SMILES string of the molecule is CC(CCN)c1nccs1. The van der Waals surface area contributed by atoms with Crippen LogP contribution in [0.3, 0.4) is 0 Å². The maximum absolute atomic E-state index is 5.41. The number of hydrogen-bond acceptors (Lipinski definition) is 3. The minimum atomic E-state index is 0.532. The fourth-order valence-corrected chi connectivity index (χ4v) is 1.58. The normalized spacial score (nSPS) is 13.4. The van der Waals surface area contributed by atoms with Crippen LogP contribution in [0, 0.1) is 0 Å². The molecule has 1 heterocycles. The molecular formula is C7H12N2S. The summed E-state index contributed by atoms with van der Waals surface area (Å²) in [4.78, 5) is 4.20. The highest BCUT2D eigenvalue weighted by Crippen LogP contribution is 2.19. The van der Waals surface area contributed by atoms with Crippen LogP contribution in [0.4, 0.5) is 0 Å². The van der Waals surface area contributed by atoms with Gasteiger partial charge in [-0.15, -0.1) is 11.3 Å². The van der Waals surface area contributed by atoms with Crippen LogP contribution >= 0.6 is 11.3 Å². The van der Waals surface area contributed by atoms with E-state index in [4.69, 9.17) is 5.73 Å². The van der Waals surface area contributed by atoms with Gasteiger partial charge in [-0.2, -0.15) is 0 Å². The first-order valence-electron chi connectivity index (χ1n) is 3.44. The largest absolute Gasteiger partial charge is 0.330 e. The van der Waals surface area contributed by atoms with E-state index in [1.165, 1.54) is 5.01 Å². The summed E-state index contributed by atoms with van der Waals surface area (Å²) in [7, 11) is 0. The third kappa shape index (κ3) is 1.78. The molecule has 0 bridgehead atoms. The molecule has 1 aromatic rings. The first-order valence-corrected chi connectivity index (χ1v) is 4.32. The minimum Gasteiger partial charge on any atom is -0.330 e. The van der Waals surface area contributed by atoms with Gasteiger partial charge in [-0.3, -0.25) is 0 Å². The Bertz CT molecular complexity index is 172. The zero-order valence-electron chi connectivity index (χ0n) is 6.08. The number of nitrogens with zero attached hydrogens (tertiary/aromatic N) is 1. The number of aromatic nitrogens is 1. The van der Waals surface area contributed by atoms with Crippen molar-refractivity contribution in [2.75, 3.05) is 6.54 Å². The van der Waals surface area contributed by atoms with E-state index in [0.717, 1.165) is 13.0 Å². The molecule has 0 aliphatic carbocycles. The molecule has 0 aliphatic rings. The summed E-state index contributed by atoms with van der Waals surface area (Å²) in [6.07, 6.45) is 2.88. The van der Waals surface area contributed by atoms with Crippen LogP contribution in [0.5, 0.6) is 0 Å². The fraction of sp³-hybridized carbons (Fsp3) is 0.571. The van der Waals surface area contributed by atoms with E-state index in [9.17, 15) is 0 Å². The Hall–Kier alpha value is -0.410. The van der Waals surface area contributed by atoms with Gasteiger partial charge in [-0.1, -0.05) is 6.92 Å². The smallest absolute Gasteiger partial charge is 0.0953 e.